The van der Waals surface area contributed by atoms with Gasteiger partial charge in [-0.05, 0) is 68.7 Å². The summed E-state index contributed by atoms with van der Waals surface area (Å²) in [6.07, 6.45) is 3.88. The number of halogens is 2. The highest BCUT2D eigenvalue weighted by Crippen LogP contribution is 2.27. The van der Waals surface area contributed by atoms with Gasteiger partial charge in [0.25, 0.3) is 10.0 Å². The van der Waals surface area contributed by atoms with Gasteiger partial charge in [0.15, 0.2) is 0 Å². The number of nitrogens with one attached hydrogen (secondary N) is 1. The van der Waals surface area contributed by atoms with Crippen LogP contribution in [0.2, 0.25) is 10.0 Å². The average Bonchev–Trinajstić information content (AvgIpc) is 3.45. The highest BCUT2D eigenvalue weighted by atomic mass is 35.5. The van der Waals surface area contributed by atoms with Crippen LogP contribution in [-0.4, -0.2) is 43.8 Å². The van der Waals surface area contributed by atoms with Crippen LogP contribution < -0.4 is 9.62 Å². The van der Waals surface area contributed by atoms with E-state index in [-0.39, 0.29) is 23.4 Å². The number of benzene rings is 3. The highest BCUT2D eigenvalue weighted by molar-refractivity contribution is 7.92. The number of hydrogen-bond acceptors (Lipinski definition) is 4. The molecule has 1 fully saturated rings. The minimum Gasteiger partial charge on any atom is -0.352 e. The maximum Gasteiger partial charge on any atom is 0.264 e. The average molecular weight is 603 g/mol. The Labute approximate surface area is 246 Å². The molecule has 212 valence electrons. The van der Waals surface area contributed by atoms with Crippen LogP contribution in [-0.2, 0) is 26.2 Å². The summed E-state index contributed by atoms with van der Waals surface area (Å²) in [6.45, 7) is 3.04. The monoisotopic (exact) mass is 601 g/mol. The minimum absolute atomic E-state index is 0.00120. The molecule has 1 aliphatic carbocycles. The van der Waals surface area contributed by atoms with Gasteiger partial charge < -0.3 is 10.2 Å². The molecule has 0 bridgehead atoms. The molecule has 0 spiro atoms. The summed E-state index contributed by atoms with van der Waals surface area (Å²) in [5.41, 5.74) is 1.88. The van der Waals surface area contributed by atoms with Crippen molar-refractivity contribution in [2.75, 3.05) is 10.8 Å². The van der Waals surface area contributed by atoms with Gasteiger partial charge in [-0.15, -0.1) is 0 Å². The van der Waals surface area contributed by atoms with E-state index >= 15 is 0 Å². The lowest BCUT2D eigenvalue weighted by molar-refractivity contribution is -0.139. The smallest absolute Gasteiger partial charge is 0.264 e. The summed E-state index contributed by atoms with van der Waals surface area (Å²) in [5.74, 6) is -0.835. The Morgan fingerprint density at radius 2 is 1.62 bits per heavy atom. The maximum absolute atomic E-state index is 14.0. The molecule has 0 saturated heterocycles. The third kappa shape index (κ3) is 7.16. The van der Waals surface area contributed by atoms with Crippen LogP contribution in [0.5, 0.6) is 0 Å². The zero-order chi connectivity index (χ0) is 28.9. The van der Waals surface area contributed by atoms with Gasteiger partial charge in [-0.3, -0.25) is 13.9 Å². The van der Waals surface area contributed by atoms with Crippen LogP contribution in [0.1, 0.15) is 43.7 Å². The number of carbonyl (C=O) groups excluding carboxylic acids is 2. The molecule has 1 N–H and O–H groups in total. The Balaban J connectivity index is 1.69. The topological polar surface area (TPSA) is 86.8 Å². The van der Waals surface area contributed by atoms with Crippen molar-refractivity contribution in [1.82, 2.24) is 10.2 Å². The van der Waals surface area contributed by atoms with E-state index in [1.165, 1.54) is 17.0 Å². The molecule has 0 aromatic heterocycles. The summed E-state index contributed by atoms with van der Waals surface area (Å²) < 4.78 is 28.7. The molecule has 3 aromatic carbocycles. The van der Waals surface area contributed by atoms with Crippen molar-refractivity contribution in [3.8, 4) is 0 Å². The van der Waals surface area contributed by atoms with Crippen molar-refractivity contribution in [2.45, 2.75) is 63.1 Å². The molecule has 10 heteroatoms. The third-order valence-corrected chi connectivity index (χ3v) is 9.53. The van der Waals surface area contributed by atoms with Crippen LogP contribution >= 0.6 is 23.2 Å². The van der Waals surface area contributed by atoms with Crippen molar-refractivity contribution in [3.05, 3.63) is 94.0 Å². The van der Waals surface area contributed by atoms with Crippen LogP contribution in [0.4, 0.5) is 5.69 Å². The standard InChI is InChI=1S/C30H33Cl2N3O4S/c1-21-12-16-26(17-13-21)35(40(38,39)27-10-4-3-5-11-27)20-29(36)34(19-23-14-15-24(31)18-28(23)32)22(2)30(37)33-25-8-6-7-9-25/h3-5,10-18,22,25H,6-9,19-20H2,1-2H3,(H,33,37)/t22-/m0/s1. The van der Waals surface area contributed by atoms with Gasteiger partial charge in [0.2, 0.25) is 11.8 Å². The van der Waals surface area contributed by atoms with E-state index in [0.717, 1.165) is 35.6 Å². The van der Waals surface area contributed by atoms with Crippen molar-refractivity contribution in [2.24, 2.45) is 0 Å². The predicted molar refractivity (Wildman–Crippen MR) is 159 cm³/mol. The number of amides is 2. The summed E-state index contributed by atoms with van der Waals surface area (Å²) in [7, 11) is -4.11. The second kappa shape index (κ2) is 13.1. The van der Waals surface area contributed by atoms with Gasteiger partial charge in [-0.2, -0.15) is 0 Å². The van der Waals surface area contributed by atoms with Gasteiger partial charge in [-0.1, -0.05) is 78.0 Å². The molecule has 1 saturated carbocycles. The molecule has 4 rings (SSSR count). The number of hydrogen-bond donors (Lipinski definition) is 1. The zero-order valence-electron chi connectivity index (χ0n) is 22.5. The highest BCUT2D eigenvalue weighted by Gasteiger charge is 2.33. The molecule has 1 aliphatic rings. The first-order valence-electron chi connectivity index (χ1n) is 13.2. The molecule has 2 amide bonds. The number of carbonyl (C=O) groups is 2. The van der Waals surface area contributed by atoms with E-state index in [1.807, 2.05) is 6.92 Å². The quantitative estimate of drug-likeness (QED) is 0.310. The van der Waals surface area contributed by atoms with Crippen LogP contribution in [0.3, 0.4) is 0 Å². The van der Waals surface area contributed by atoms with Gasteiger partial charge in [0, 0.05) is 22.6 Å². The molecule has 3 aromatic rings. The molecule has 1 atom stereocenters. The predicted octanol–water partition coefficient (Wildman–Crippen LogP) is 5.97. The molecule has 0 heterocycles. The lowest BCUT2D eigenvalue weighted by atomic mass is 10.1. The lowest BCUT2D eigenvalue weighted by Crippen LogP contribution is -2.52. The Hall–Kier alpha value is -3.07. The SMILES string of the molecule is Cc1ccc(N(CC(=O)N(Cc2ccc(Cl)cc2Cl)[C@@H](C)C(=O)NC2CCCC2)S(=O)(=O)c2ccccc2)cc1. The number of anilines is 1. The first kappa shape index (κ1) is 29.9. The number of rotatable bonds is 10. The van der Waals surface area contributed by atoms with E-state index in [0.29, 0.717) is 21.3 Å². The second-order valence-corrected chi connectivity index (χ2v) is 12.8. The summed E-state index contributed by atoms with van der Waals surface area (Å²) in [4.78, 5) is 28.7. The number of nitrogens with zero attached hydrogens (tertiary/aromatic N) is 2. The molecule has 40 heavy (non-hydrogen) atoms. The lowest BCUT2D eigenvalue weighted by Gasteiger charge is -2.32. The molecule has 0 aliphatic heterocycles. The Morgan fingerprint density at radius 1 is 0.975 bits per heavy atom. The van der Waals surface area contributed by atoms with Gasteiger partial charge in [0.05, 0.1) is 10.6 Å². The minimum atomic E-state index is -4.11. The largest absolute Gasteiger partial charge is 0.352 e. The van der Waals surface area contributed by atoms with E-state index in [9.17, 15) is 18.0 Å². The van der Waals surface area contributed by atoms with Crippen molar-refractivity contribution >= 4 is 50.7 Å². The van der Waals surface area contributed by atoms with Crippen LogP contribution in [0, 0.1) is 6.92 Å². The third-order valence-electron chi connectivity index (χ3n) is 7.16. The van der Waals surface area contributed by atoms with Crippen LogP contribution in [0.15, 0.2) is 77.7 Å². The fourth-order valence-electron chi connectivity index (χ4n) is 4.77. The van der Waals surface area contributed by atoms with Crippen molar-refractivity contribution < 1.29 is 18.0 Å². The fourth-order valence-corrected chi connectivity index (χ4v) is 6.67. The van der Waals surface area contributed by atoms with E-state index in [4.69, 9.17) is 23.2 Å². The first-order chi connectivity index (χ1) is 19.1. The summed E-state index contributed by atoms with van der Waals surface area (Å²) in [6, 6.07) is 19.0. The zero-order valence-corrected chi connectivity index (χ0v) is 24.8. The number of aryl methyl sites for hydroxylation is 1. The van der Waals surface area contributed by atoms with Gasteiger partial charge >= 0.3 is 0 Å². The van der Waals surface area contributed by atoms with E-state index in [1.54, 1.807) is 67.6 Å². The molecular formula is C30H33Cl2N3O4S. The molecule has 7 nitrogen and oxygen atoms in total. The van der Waals surface area contributed by atoms with E-state index in [2.05, 4.69) is 5.32 Å². The molecule has 0 radical (unpaired) electrons. The van der Waals surface area contributed by atoms with Crippen molar-refractivity contribution in [1.29, 1.82) is 0 Å². The van der Waals surface area contributed by atoms with Crippen molar-refractivity contribution in [3.63, 3.8) is 0 Å². The normalized spacial score (nSPS) is 14.5. The maximum atomic E-state index is 14.0. The van der Waals surface area contributed by atoms with Gasteiger partial charge in [-0.25, -0.2) is 8.42 Å². The van der Waals surface area contributed by atoms with E-state index < -0.39 is 28.5 Å². The Bertz CT molecular complexity index is 1440. The molecular weight excluding hydrogens is 569 g/mol. The molecule has 0 unspecified atom stereocenters. The van der Waals surface area contributed by atoms with Crippen LogP contribution in [0.25, 0.3) is 0 Å². The fraction of sp³-hybridized carbons (Fsp3) is 0.333. The van der Waals surface area contributed by atoms with Gasteiger partial charge in [0.1, 0.15) is 12.6 Å². The Kier molecular flexibility index (Phi) is 9.77. The summed E-state index contributed by atoms with van der Waals surface area (Å²) in [5, 5.41) is 3.84. The Morgan fingerprint density at radius 3 is 2.25 bits per heavy atom. The summed E-state index contributed by atoms with van der Waals surface area (Å²) >= 11 is 12.5. The number of sulfonamides is 1. The second-order valence-electron chi connectivity index (χ2n) is 10.1. The first-order valence-corrected chi connectivity index (χ1v) is 15.4.